The number of nitriles is 1. The molecule has 0 radical (unpaired) electrons. The molecule has 0 aliphatic heterocycles. The molecule has 4 nitrogen and oxygen atoms in total. The highest BCUT2D eigenvalue weighted by Gasteiger charge is 2.18. The Morgan fingerprint density at radius 3 is 2.65 bits per heavy atom. The number of hydrogen-bond donors (Lipinski definition) is 1. The lowest BCUT2D eigenvalue weighted by Gasteiger charge is -2.18. The molecule has 2 N–H and O–H groups in total. The Labute approximate surface area is 122 Å². The third-order valence-electron chi connectivity index (χ3n) is 2.93. The highest BCUT2D eigenvalue weighted by Crippen LogP contribution is 2.25. The Bertz CT molecular complexity index is 623. The number of anilines is 1. The summed E-state index contributed by atoms with van der Waals surface area (Å²) in [5.74, 6) is -0.153. The van der Waals surface area contributed by atoms with Crippen molar-refractivity contribution in [3.05, 3.63) is 51.7 Å². The summed E-state index contributed by atoms with van der Waals surface area (Å²) < 4.78 is 0. The lowest BCUT2D eigenvalue weighted by atomic mass is 10.2. The zero-order valence-electron chi connectivity index (χ0n) is 11.2. The van der Waals surface area contributed by atoms with Crippen molar-refractivity contribution in [1.29, 1.82) is 5.26 Å². The molecular weight excluding hydrogens is 270 g/mol. The lowest BCUT2D eigenvalue weighted by Crippen LogP contribution is -2.30. The summed E-state index contributed by atoms with van der Waals surface area (Å²) in [7, 11) is 0. The van der Waals surface area contributed by atoms with Gasteiger partial charge in [-0.15, -0.1) is 11.3 Å². The van der Waals surface area contributed by atoms with Gasteiger partial charge < -0.3 is 10.6 Å². The van der Waals surface area contributed by atoms with Crippen molar-refractivity contribution < 1.29 is 4.79 Å². The van der Waals surface area contributed by atoms with Crippen molar-refractivity contribution in [1.82, 2.24) is 4.90 Å². The largest absolute Gasteiger partial charge is 0.398 e. The number of thiophene rings is 1. The van der Waals surface area contributed by atoms with E-state index in [0.29, 0.717) is 17.1 Å². The fraction of sp³-hybridized carbons (Fsp3) is 0.200. The Kier molecular flexibility index (Phi) is 4.38. The second-order valence-electron chi connectivity index (χ2n) is 4.43. The fourth-order valence-electron chi connectivity index (χ4n) is 1.85. The van der Waals surface area contributed by atoms with Gasteiger partial charge in [0.2, 0.25) is 0 Å². The van der Waals surface area contributed by atoms with Crippen LogP contribution in [0.1, 0.15) is 20.1 Å². The zero-order valence-corrected chi connectivity index (χ0v) is 12.0. The van der Waals surface area contributed by atoms with Crippen LogP contribution < -0.4 is 5.73 Å². The molecular formula is C15H15N3OS. The van der Waals surface area contributed by atoms with E-state index in [4.69, 9.17) is 11.0 Å². The summed E-state index contributed by atoms with van der Waals surface area (Å²) in [6.45, 7) is 2.36. The van der Waals surface area contributed by atoms with E-state index in [1.807, 2.05) is 43.3 Å². The highest BCUT2D eigenvalue weighted by atomic mass is 32.1. The Hall–Kier alpha value is -2.32. The van der Waals surface area contributed by atoms with E-state index in [2.05, 4.69) is 0 Å². The van der Waals surface area contributed by atoms with Crippen molar-refractivity contribution in [2.75, 3.05) is 12.3 Å². The van der Waals surface area contributed by atoms with Gasteiger partial charge in [-0.3, -0.25) is 4.79 Å². The average molecular weight is 285 g/mol. The van der Waals surface area contributed by atoms with Crippen molar-refractivity contribution in [3.63, 3.8) is 0 Å². The first kappa shape index (κ1) is 14.1. The van der Waals surface area contributed by atoms with Gasteiger partial charge in [0.05, 0.1) is 10.9 Å². The number of amides is 1. The van der Waals surface area contributed by atoms with Gasteiger partial charge in [0.1, 0.15) is 6.54 Å². The third-order valence-corrected chi connectivity index (χ3v) is 3.99. The van der Waals surface area contributed by atoms with E-state index in [9.17, 15) is 4.79 Å². The van der Waals surface area contributed by atoms with Crippen LogP contribution in [0.2, 0.25) is 0 Å². The summed E-state index contributed by atoms with van der Waals surface area (Å²) in [5.41, 5.74) is 7.40. The molecule has 0 fully saturated rings. The number of nitrogens with zero attached hydrogens (tertiary/aromatic N) is 2. The summed E-state index contributed by atoms with van der Waals surface area (Å²) in [6, 6.07) is 13.3. The topological polar surface area (TPSA) is 70.1 Å². The van der Waals surface area contributed by atoms with Crippen molar-refractivity contribution >= 4 is 22.9 Å². The quantitative estimate of drug-likeness (QED) is 0.878. The molecule has 1 aromatic heterocycles. The summed E-state index contributed by atoms with van der Waals surface area (Å²) in [6.07, 6.45) is 0. The number of carbonyl (C=O) groups is 1. The number of rotatable bonds is 4. The number of nitrogen functional groups attached to an aromatic ring is 1. The molecule has 0 atom stereocenters. The lowest BCUT2D eigenvalue weighted by molar-refractivity contribution is 0.0770. The van der Waals surface area contributed by atoms with Gasteiger partial charge >= 0.3 is 0 Å². The first-order valence-corrected chi connectivity index (χ1v) is 6.99. The maximum Gasteiger partial charge on any atom is 0.265 e. The Morgan fingerprint density at radius 2 is 2.10 bits per heavy atom. The van der Waals surface area contributed by atoms with Crippen molar-refractivity contribution in [2.24, 2.45) is 0 Å². The second kappa shape index (κ2) is 6.22. The van der Waals surface area contributed by atoms with Crippen molar-refractivity contribution in [2.45, 2.75) is 13.5 Å². The predicted molar refractivity (Wildman–Crippen MR) is 80.3 cm³/mol. The van der Waals surface area contributed by atoms with Gasteiger partial charge in [-0.25, -0.2) is 0 Å². The molecule has 2 aromatic rings. The van der Waals surface area contributed by atoms with Crippen LogP contribution in [0.4, 0.5) is 5.69 Å². The van der Waals surface area contributed by atoms with Crippen LogP contribution in [-0.2, 0) is 6.54 Å². The minimum Gasteiger partial charge on any atom is -0.398 e. The van der Waals surface area contributed by atoms with Crippen LogP contribution in [0, 0.1) is 18.3 Å². The number of hydrogen-bond acceptors (Lipinski definition) is 4. The molecule has 20 heavy (non-hydrogen) atoms. The molecule has 1 amide bonds. The van der Waals surface area contributed by atoms with E-state index >= 15 is 0 Å². The molecule has 0 spiro atoms. The van der Waals surface area contributed by atoms with E-state index in [0.717, 1.165) is 10.4 Å². The molecule has 5 heteroatoms. The smallest absolute Gasteiger partial charge is 0.265 e. The minimum atomic E-state index is -0.153. The normalized spacial score (nSPS) is 10.0. The van der Waals surface area contributed by atoms with Gasteiger partial charge in [-0.05, 0) is 18.6 Å². The van der Waals surface area contributed by atoms with Crippen LogP contribution in [0.25, 0.3) is 0 Å². The van der Waals surface area contributed by atoms with Gasteiger partial charge in [-0.2, -0.15) is 5.26 Å². The second-order valence-corrected chi connectivity index (χ2v) is 5.68. The molecule has 0 unspecified atom stereocenters. The van der Waals surface area contributed by atoms with Crippen LogP contribution in [0.3, 0.4) is 0 Å². The van der Waals surface area contributed by atoms with Gasteiger partial charge in [0, 0.05) is 17.1 Å². The third kappa shape index (κ3) is 3.16. The maximum atomic E-state index is 12.4. The molecule has 0 bridgehead atoms. The van der Waals surface area contributed by atoms with E-state index < -0.39 is 0 Å². The van der Waals surface area contributed by atoms with Gasteiger partial charge in [0.25, 0.3) is 5.91 Å². The number of benzene rings is 1. The number of nitrogens with two attached hydrogens (primary N) is 1. The van der Waals surface area contributed by atoms with Crippen LogP contribution in [-0.4, -0.2) is 17.4 Å². The van der Waals surface area contributed by atoms with E-state index in [1.165, 1.54) is 16.2 Å². The van der Waals surface area contributed by atoms with Crippen LogP contribution in [0.15, 0.2) is 36.4 Å². The summed E-state index contributed by atoms with van der Waals surface area (Å²) in [4.78, 5) is 15.5. The van der Waals surface area contributed by atoms with E-state index in [1.54, 1.807) is 6.07 Å². The maximum absolute atomic E-state index is 12.4. The van der Waals surface area contributed by atoms with Gasteiger partial charge in [-0.1, -0.05) is 30.3 Å². The predicted octanol–water partition coefficient (Wildman–Crippen LogP) is 2.80. The highest BCUT2D eigenvalue weighted by molar-refractivity contribution is 7.14. The first-order chi connectivity index (χ1) is 9.61. The average Bonchev–Trinajstić information content (AvgIpc) is 2.78. The zero-order chi connectivity index (χ0) is 14.5. The standard InChI is InChI=1S/C15H15N3OS/c1-11-13(17)9-14(20-11)15(19)18(8-7-16)10-12-5-3-2-4-6-12/h2-6,9H,8,10,17H2,1H3. The van der Waals surface area contributed by atoms with E-state index in [-0.39, 0.29) is 12.5 Å². The summed E-state index contributed by atoms with van der Waals surface area (Å²) >= 11 is 1.36. The molecule has 0 saturated heterocycles. The Balaban J connectivity index is 2.20. The molecule has 1 heterocycles. The summed E-state index contributed by atoms with van der Waals surface area (Å²) in [5, 5.41) is 8.91. The molecule has 0 aliphatic carbocycles. The van der Waals surface area contributed by atoms with Gasteiger partial charge in [0.15, 0.2) is 0 Å². The fourth-order valence-corrected chi connectivity index (χ4v) is 2.76. The molecule has 0 saturated carbocycles. The minimum absolute atomic E-state index is 0.0601. The Morgan fingerprint density at radius 1 is 1.40 bits per heavy atom. The molecule has 2 rings (SSSR count). The van der Waals surface area contributed by atoms with Crippen LogP contribution in [0.5, 0.6) is 0 Å². The number of aryl methyl sites for hydroxylation is 1. The first-order valence-electron chi connectivity index (χ1n) is 6.18. The van der Waals surface area contributed by atoms with Crippen molar-refractivity contribution in [3.8, 4) is 6.07 Å². The number of carbonyl (C=O) groups excluding carboxylic acids is 1. The monoisotopic (exact) mass is 285 g/mol. The molecule has 0 aliphatic rings. The molecule has 102 valence electrons. The SMILES string of the molecule is Cc1sc(C(=O)N(CC#N)Cc2ccccc2)cc1N. The molecule has 1 aromatic carbocycles. The van der Waals surface area contributed by atoms with Crippen LogP contribution >= 0.6 is 11.3 Å².